The molecule has 2 aliphatic heterocycles. The number of alkyl halides is 3. The number of carbonyl (C=O) groups excluding carboxylic acids is 3. The predicted molar refractivity (Wildman–Crippen MR) is 169 cm³/mol. The van der Waals surface area contributed by atoms with Gasteiger partial charge in [0.2, 0.25) is 11.8 Å². The van der Waals surface area contributed by atoms with Crippen molar-refractivity contribution in [3.8, 4) is 5.75 Å². The maximum atomic E-state index is 14.0. The largest absolute Gasteiger partial charge is 0.483 e. The van der Waals surface area contributed by atoms with Gasteiger partial charge >= 0.3 is 11.0 Å². The van der Waals surface area contributed by atoms with E-state index in [2.05, 4.69) is 26.2 Å². The summed E-state index contributed by atoms with van der Waals surface area (Å²) in [6, 6.07) is 13.4. The highest BCUT2D eigenvalue weighted by Crippen LogP contribution is 2.55. The molecular weight excluding hydrogens is 742 g/mol. The minimum absolute atomic E-state index is 0.197. The van der Waals surface area contributed by atoms with Gasteiger partial charge in [-0.05, 0) is 54.6 Å². The number of anilines is 2. The van der Waals surface area contributed by atoms with Crippen LogP contribution in [0.15, 0.2) is 75.0 Å². The Labute approximate surface area is 279 Å². The van der Waals surface area contributed by atoms with Crippen LogP contribution in [0.3, 0.4) is 0 Å². The predicted octanol–water partition coefficient (Wildman–Crippen LogP) is 7.34. The summed E-state index contributed by atoms with van der Waals surface area (Å²) in [5.74, 6) is -3.78. The van der Waals surface area contributed by atoms with Crippen molar-refractivity contribution < 1.29 is 32.3 Å². The SMILES string of the molecule is O=C(COc1ccc(Br)cc1[C@@H]1c2sc(=O)[nH]c2S[C@H]2C(=O)N(c3cccc(C(F)(F)F)c3)C(=O)[C@@H]12)Nc1ccc(Cl)c(Cl)c1. The molecule has 0 radical (unpaired) electrons. The summed E-state index contributed by atoms with van der Waals surface area (Å²) < 4.78 is 47.0. The number of thiazole rings is 1. The second kappa shape index (κ2) is 12.1. The van der Waals surface area contributed by atoms with Crippen LogP contribution >= 0.6 is 62.2 Å². The van der Waals surface area contributed by atoms with Crippen LogP contribution in [0.5, 0.6) is 5.75 Å². The van der Waals surface area contributed by atoms with Gasteiger partial charge in [-0.15, -0.1) is 0 Å². The molecule has 6 rings (SSSR count). The minimum Gasteiger partial charge on any atom is -0.483 e. The minimum atomic E-state index is -4.69. The van der Waals surface area contributed by atoms with E-state index in [1.807, 2.05) is 0 Å². The van der Waals surface area contributed by atoms with E-state index < -0.39 is 58.0 Å². The van der Waals surface area contributed by atoms with E-state index in [0.29, 0.717) is 30.6 Å². The van der Waals surface area contributed by atoms with Crippen LogP contribution in [0.2, 0.25) is 10.0 Å². The normalized spacial score (nSPS) is 19.3. The highest BCUT2D eigenvalue weighted by atomic mass is 79.9. The number of imide groups is 1. The highest BCUT2D eigenvalue weighted by molar-refractivity contribution is 9.10. The first kappa shape index (κ1) is 31.7. The number of carbonyl (C=O) groups is 3. The lowest BCUT2D eigenvalue weighted by atomic mass is 9.82. The van der Waals surface area contributed by atoms with Crippen molar-refractivity contribution in [2.24, 2.45) is 5.92 Å². The van der Waals surface area contributed by atoms with E-state index in [0.717, 1.165) is 46.2 Å². The van der Waals surface area contributed by atoms with E-state index in [9.17, 15) is 32.3 Å². The third-order valence-corrected chi connectivity index (χ3v) is 10.8. The number of benzene rings is 3. The molecule has 2 aliphatic rings. The molecule has 0 unspecified atom stereocenters. The standard InChI is InChI=1S/C29H17BrCl2F3N3O5S2/c30-13-4-7-19(43-11-20(39)36-14-5-6-17(31)18(32)10-14)16(9-13)21-22-24(44-25-23(21)45-28(42)37-25)27(41)38(26(22)40)15-3-1-2-12(8-15)29(33,34)35/h1-10,21-22,24H,11H2,(H,36,39)(H,37,42)/t21-,22-,24+/m0/s1. The molecule has 0 aliphatic carbocycles. The van der Waals surface area contributed by atoms with Gasteiger partial charge in [0.25, 0.3) is 5.91 Å². The van der Waals surface area contributed by atoms with Gasteiger partial charge in [-0.25, -0.2) is 4.90 Å². The number of nitrogens with one attached hydrogen (secondary N) is 2. The smallest absolute Gasteiger partial charge is 0.416 e. The van der Waals surface area contributed by atoms with Crippen molar-refractivity contribution in [2.45, 2.75) is 22.4 Å². The van der Waals surface area contributed by atoms with E-state index in [4.69, 9.17) is 27.9 Å². The summed E-state index contributed by atoms with van der Waals surface area (Å²) in [6.45, 7) is -0.454. The first-order valence-corrected chi connectivity index (χ1v) is 16.2. The summed E-state index contributed by atoms with van der Waals surface area (Å²) >= 11 is 17.2. The first-order valence-electron chi connectivity index (χ1n) is 12.9. The molecule has 2 N–H and O–H groups in total. The van der Waals surface area contributed by atoms with Crippen LogP contribution in [-0.2, 0) is 20.6 Å². The van der Waals surface area contributed by atoms with Crippen molar-refractivity contribution in [1.82, 2.24) is 4.98 Å². The summed E-state index contributed by atoms with van der Waals surface area (Å²) in [5, 5.41) is 2.51. The Bertz CT molecular complexity index is 1940. The molecule has 0 bridgehead atoms. The van der Waals surface area contributed by atoms with Crippen molar-refractivity contribution in [2.75, 3.05) is 16.8 Å². The van der Waals surface area contributed by atoms with Gasteiger partial charge < -0.3 is 15.0 Å². The monoisotopic (exact) mass is 757 g/mol. The maximum Gasteiger partial charge on any atom is 0.416 e. The van der Waals surface area contributed by atoms with Crippen LogP contribution in [0.1, 0.15) is 21.9 Å². The Hall–Kier alpha value is -3.30. The molecule has 4 aromatic rings. The zero-order chi connectivity index (χ0) is 32.2. The summed E-state index contributed by atoms with van der Waals surface area (Å²) in [5.41, 5.74) is -0.446. The summed E-state index contributed by atoms with van der Waals surface area (Å²) in [6.07, 6.45) is -4.69. The maximum absolute atomic E-state index is 14.0. The van der Waals surface area contributed by atoms with Crippen molar-refractivity contribution in [1.29, 1.82) is 0 Å². The fraction of sp³-hybridized carbons (Fsp3) is 0.172. The van der Waals surface area contributed by atoms with Crippen LogP contribution < -0.4 is 19.8 Å². The molecule has 232 valence electrons. The number of rotatable bonds is 6. The van der Waals surface area contributed by atoms with Crippen molar-refractivity contribution >= 4 is 91.3 Å². The number of aromatic nitrogens is 1. The van der Waals surface area contributed by atoms with E-state index in [1.165, 1.54) is 18.2 Å². The number of halogens is 6. The summed E-state index contributed by atoms with van der Waals surface area (Å²) in [7, 11) is 0. The number of fused-ring (bicyclic) bond motifs is 2. The van der Waals surface area contributed by atoms with E-state index in [1.54, 1.807) is 24.3 Å². The highest BCUT2D eigenvalue weighted by Gasteiger charge is 2.57. The molecule has 3 aromatic carbocycles. The Kier molecular flexibility index (Phi) is 8.54. The van der Waals surface area contributed by atoms with Crippen LogP contribution in [0, 0.1) is 5.92 Å². The Morgan fingerprint density at radius 3 is 2.53 bits per heavy atom. The molecule has 1 aromatic heterocycles. The Balaban J connectivity index is 1.36. The number of hydrogen-bond donors (Lipinski definition) is 2. The molecule has 3 atom stereocenters. The van der Waals surface area contributed by atoms with Gasteiger partial charge in [0.1, 0.15) is 11.0 Å². The second-order valence-electron chi connectivity index (χ2n) is 9.96. The van der Waals surface area contributed by atoms with Gasteiger partial charge in [-0.3, -0.25) is 19.2 Å². The lowest BCUT2D eigenvalue weighted by Gasteiger charge is -2.31. The molecule has 8 nitrogen and oxygen atoms in total. The number of amides is 3. The zero-order valence-corrected chi connectivity index (χ0v) is 27.0. The molecule has 1 fully saturated rings. The molecule has 0 spiro atoms. The average molecular weight is 759 g/mol. The van der Waals surface area contributed by atoms with Gasteiger partial charge in [-0.2, -0.15) is 13.2 Å². The lowest BCUT2D eigenvalue weighted by molar-refractivity contribution is -0.137. The fourth-order valence-electron chi connectivity index (χ4n) is 5.24. The van der Waals surface area contributed by atoms with Gasteiger partial charge in [0, 0.05) is 26.5 Å². The molecular formula is C29H17BrCl2F3N3O5S2. The lowest BCUT2D eigenvalue weighted by Crippen LogP contribution is -2.32. The number of ether oxygens (including phenoxy) is 1. The first-order chi connectivity index (χ1) is 21.3. The summed E-state index contributed by atoms with van der Waals surface area (Å²) in [4.78, 5) is 56.5. The van der Waals surface area contributed by atoms with Crippen LogP contribution in [0.4, 0.5) is 24.5 Å². The number of hydrogen-bond acceptors (Lipinski definition) is 7. The van der Waals surface area contributed by atoms with Gasteiger partial charge in [-0.1, -0.05) is 68.3 Å². The number of nitrogens with zero attached hydrogens (tertiary/aromatic N) is 1. The number of thioether (sulfide) groups is 1. The van der Waals surface area contributed by atoms with Crippen molar-refractivity contribution in [3.63, 3.8) is 0 Å². The Morgan fingerprint density at radius 2 is 1.80 bits per heavy atom. The molecule has 3 amide bonds. The third-order valence-electron chi connectivity index (χ3n) is 7.12. The van der Waals surface area contributed by atoms with Gasteiger partial charge in [0.05, 0.1) is 32.2 Å². The molecule has 3 heterocycles. The second-order valence-corrected chi connectivity index (χ2v) is 13.9. The van der Waals surface area contributed by atoms with Crippen LogP contribution in [-0.4, -0.2) is 34.6 Å². The quantitative estimate of drug-likeness (QED) is 0.200. The Morgan fingerprint density at radius 1 is 1.02 bits per heavy atom. The van der Waals surface area contributed by atoms with Gasteiger partial charge in [0.15, 0.2) is 6.61 Å². The van der Waals surface area contributed by atoms with E-state index >= 15 is 0 Å². The average Bonchev–Trinajstić information content (AvgIpc) is 3.47. The molecule has 1 saturated heterocycles. The third kappa shape index (κ3) is 6.13. The molecule has 45 heavy (non-hydrogen) atoms. The number of aromatic amines is 1. The topological polar surface area (TPSA) is 109 Å². The van der Waals surface area contributed by atoms with Crippen LogP contribution in [0.25, 0.3) is 0 Å². The van der Waals surface area contributed by atoms with E-state index in [-0.39, 0.29) is 16.5 Å². The van der Waals surface area contributed by atoms with Crippen molar-refractivity contribution in [3.05, 3.63) is 101 Å². The zero-order valence-electron chi connectivity index (χ0n) is 22.3. The fourth-order valence-corrected chi connectivity index (χ4v) is 8.42. The molecule has 0 saturated carbocycles. The molecule has 16 heteroatoms. The number of H-pyrrole nitrogens is 1.